The fourth-order valence-electron chi connectivity index (χ4n) is 4.45. The maximum Gasteiger partial charge on any atom is 0.429 e. The van der Waals surface area contributed by atoms with E-state index >= 15 is 0 Å². The lowest BCUT2D eigenvalue weighted by Gasteiger charge is -2.45. The van der Waals surface area contributed by atoms with Crippen LogP contribution in [-0.4, -0.2) is 53.3 Å². The molecule has 2 bridgehead atoms. The van der Waals surface area contributed by atoms with Gasteiger partial charge in [-0.2, -0.15) is 0 Å². The Hall–Kier alpha value is -1.79. The van der Waals surface area contributed by atoms with Gasteiger partial charge >= 0.3 is 12.2 Å². The quantitative estimate of drug-likeness (QED) is 0.529. The number of carbonyl (C=O) groups is 3. The van der Waals surface area contributed by atoms with E-state index < -0.39 is 18.2 Å². The van der Waals surface area contributed by atoms with E-state index in [0.29, 0.717) is 19.3 Å². The number of ether oxygens (including phenoxy) is 2. The van der Waals surface area contributed by atoms with Crippen LogP contribution in [-0.2, 0) is 14.3 Å². The van der Waals surface area contributed by atoms with Gasteiger partial charge in [0, 0.05) is 6.42 Å². The van der Waals surface area contributed by atoms with Crippen LogP contribution < -0.4 is 0 Å². The fraction of sp³-hybridized carbons (Fsp3) is 0.857. The molecule has 3 fully saturated rings. The number of nitrogens with zero attached hydrogens (tertiary/aromatic N) is 2. The minimum Gasteiger partial charge on any atom is -0.448 e. The van der Waals surface area contributed by atoms with E-state index in [-0.39, 0.29) is 31.0 Å². The summed E-state index contributed by atoms with van der Waals surface area (Å²) in [6, 6.07) is -0.823. The highest BCUT2D eigenvalue weighted by atomic mass is 16.6. The Morgan fingerprint density at radius 2 is 1.50 bits per heavy atom. The number of hydrogen-bond donors (Lipinski definition) is 0. The van der Waals surface area contributed by atoms with Gasteiger partial charge < -0.3 is 9.47 Å². The van der Waals surface area contributed by atoms with Crippen LogP contribution in [0.5, 0.6) is 0 Å². The zero-order chi connectivity index (χ0) is 20.5. The summed E-state index contributed by atoms with van der Waals surface area (Å²) in [4.78, 5) is 38.2. The van der Waals surface area contributed by atoms with Gasteiger partial charge in [-0.3, -0.25) is 4.79 Å². The molecule has 0 aromatic carbocycles. The molecule has 1 unspecified atom stereocenters. The molecule has 2 amide bonds. The van der Waals surface area contributed by atoms with Gasteiger partial charge in [0.2, 0.25) is 0 Å². The van der Waals surface area contributed by atoms with Crippen molar-refractivity contribution in [2.75, 3.05) is 13.2 Å². The monoisotopic (exact) mass is 396 g/mol. The Labute approximate surface area is 168 Å². The second-order valence-electron chi connectivity index (χ2n) is 7.73. The minimum atomic E-state index is -0.640. The second kappa shape index (κ2) is 11.3. The van der Waals surface area contributed by atoms with E-state index in [4.69, 9.17) is 9.47 Å². The molecular formula is C21H36N2O5. The van der Waals surface area contributed by atoms with Crippen LogP contribution in [0.25, 0.3) is 0 Å². The summed E-state index contributed by atoms with van der Waals surface area (Å²) in [6.07, 6.45) is 8.51. The minimum absolute atomic E-state index is 0.0262. The topological polar surface area (TPSA) is 76.2 Å². The highest BCUT2D eigenvalue weighted by molar-refractivity contribution is 5.89. The zero-order valence-electron chi connectivity index (χ0n) is 17.7. The van der Waals surface area contributed by atoms with Crippen LogP contribution in [0.1, 0.15) is 85.0 Å². The van der Waals surface area contributed by atoms with E-state index in [2.05, 4.69) is 6.92 Å². The molecule has 1 saturated carbocycles. The predicted octanol–water partition coefficient (Wildman–Crippen LogP) is 4.69. The Morgan fingerprint density at radius 1 is 0.893 bits per heavy atom. The first-order chi connectivity index (χ1) is 13.5. The number of hydrazine groups is 1. The SMILES string of the molecule is CCCCCCCCC1CC(=O)[C@@H]2CC[C@H]1N(C(=O)OCC)N2C(=O)OCC. The molecule has 0 aromatic heterocycles. The summed E-state index contributed by atoms with van der Waals surface area (Å²) in [5.41, 5.74) is 0. The predicted molar refractivity (Wildman–Crippen MR) is 106 cm³/mol. The van der Waals surface area contributed by atoms with Crippen molar-refractivity contribution < 1.29 is 23.9 Å². The Balaban J connectivity index is 2.14. The normalized spacial score (nSPS) is 24.2. The molecule has 3 rings (SSSR count). The van der Waals surface area contributed by atoms with Crippen molar-refractivity contribution in [3.8, 4) is 0 Å². The fourth-order valence-corrected chi connectivity index (χ4v) is 4.45. The van der Waals surface area contributed by atoms with Gasteiger partial charge in [-0.1, -0.05) is 45.4 Å². The first kappa shape index (κ1) is 22.5. The molecule has 7 heteroatoms. The van der Waals surface area contributed by atoms with Crippen LogP contribution in [0.3, 0.4) is 0 Å². The number of rotatable bonds is 9. The molecular weight excluding hydrogens is 360 g/mol. The van der Waals surface area contributed by atoms with Crippen molar-refractivity contribution in [2.45, 2.75) is 97.1 Å². The Bertz CT molecular complexity index is 539. The average molecular weight is 397 g/mol. The number of hydrogen-bond acceptors (Lipinski definition) is 5. The molecule has 2 saturated heterocycles. The molecule has 0 radical (unpaired) electrons. The molecule has 3 atom stereocenters. The van der Waals surface area contributed by atoms with E-state index in [9.17, 15) is 14.4 Å². The third-order valence-electron chi connectivity index (χ3n) is 5.79. The molecule has 0 aromatic rings. The van der Waals surface area contributed by atoms with Gasteiger partial charge in [0.15, 0.2) is 5.78 Å². The van der Waals surface area contributed by atoms with Crippen molar-refractivity contribution in [1.29, 1.82) is 0 Å². The molecule has 2 aliphatic heterocycles. The first-order valence-corrected chi connectivity index (χ1v) is 11.0. The van der Waals surface area contributed by atoms with Gasteiger partial charge in [0.1, 0.15) is 6.04 Å². The summed E-state index contributed by atoms with van der Waals surface area (Å²) in [6.45, 7) is 6.07. The van der Waals surface area contributed by atoms with Gasteiger partial charge in [-0.25, -0.2) is 19.6 Å². The summed E-state index contributed by atoms with van der Waals surface area (Å²) >= 11 is 0. The molecule has 0 N–H and O–H groups in total. The van der Waals surface area contributed by atoms with E-state index in [0.717, 1.165) is 19.3 Å². The summed E-state index contributed by atoms with van der Waals surface area (Å²) in [7, 11) is 0. The zero-order valence-corrected chi connectivity index (χ0v) is 17.7. The third-order valence-corrected chi connectivity index (χ3v) is 5.79. The van der Waals surface area contributed by atoms with Crippen molar-refractivity contribution in [2.24, 2.45) is 5.92 Å². The molecule has 2 heterocycles. The number of unbranched alkanes of at least 4 members (excludes halogenated alkanes) is 5. The van der Waals surface area contributed by atoms with Gasteiger partial charge in [-0.05, 0) is 39.0 Å². The van der Waals surface area contributed by atoms with E-state index in [1.165, 1.54) is 35.7 Å². The van der Waals surface area contributed by atoms with Crippen LogP contribution in [0, 0.1) is 5.92 Å². The molecule has 7 nitrogen and oxygen atoms in total. The van der Waals surface area contributed by atoms with Gasteiger partial charge in [0.25, 0.3) is 0 Å². The molecule has 3 aliphatic rings. The summed E-state index contributed by atoms with van der Waals surface area (Å²) in [5, 5.41) is 2.63. The standard InChI is InChI=1S/C21H36N2O5/c1-4-7-8-9-10-11-12-16-15-19(24)18-14-13-17(16)22(20(25)27-5-2)23(18)21(26)28-6-3/h16-18H,4-15H2,1-3H3/t16?,17-,18+/m1/s1. The van der Waals surface area contributed by atoms with Crippen LogP contribution in [0.2, 0.25) is 0 Å². The number of Topliss-reactive ketones (excluding diaryl/α,β-unsaturated/α-hetero) is 1. The van der Waals surface area contributed by atoms with E-state index in [1.807, 2.05) is 0 Å². The molecule has 28 heavy (non-hydrogen) atoms. The molecule has 160 valence electrons. The first-order valence-electron chi connectivity index (χ1n) is 11.0. The number of amides is 2. The summed E-state index contributed by atoms with van der Waals surface area (Å²) < 4.78 is 10.4. The third kappa shape index (κ3) is 5.39. The maximum atomic E-state index is 12.9. The number of ketones is 1. The van der Waals surface area contributed by atoms with E-state index in [1.54, 1.807) is 13.8 Å². The summed E-state index contributed by atoms with van der Waals surface area (Å²) in [5.74, 6) is 0.0887. The smallest absolute Gasteiger partial charge is 0.429 e. The average Bonchev–Trinajstić information content (AvgIpc) is 2.90. The van der Waals surface area contributed by atoms with Crippen LogP contribution in [0.4, 0.5) is 9.59 Å². The number of carbonyl (C=O) groups excluding carboxylic acids is 3. The largest absolute Gasteiger partial charge is 0.448 e. The van der Waals surface area contributed by atoms with Crippen molar-refractivity contribution in [1.82, 2.24) is 10.0 Å². The van der Waals surface area contributed by atoms with Crippen LogP contribution >= 0.6 is 0 Å². The van der Waals surface area contributed by atoms with Gasteiger partial charge in [-0.15, -0.1) is 0 Å². The van der Waals surface area contributed by atoms with Gasteiger partial charge in [0.05, 0.1) is 19.3 Å². The second-order valence-corrected chi connectivity index (χ2v) is 7.73. The lowest BCUT2D eigenvalue weighted by molar-refractivity contribution is -0.132. The molecule has 1 aliphatic carbocycles. The maximum absolute atomic E-state index is 12.9. The van der Waals surface area contributed by atoms with Crippen LogP contribution in [0.15, 0.2) is 0 Å². The highest BCUT2D eigenvalue weighted by Gasteiger charge is 2.51. The van der Waals surface area contributed by atoms with Crippen molar-refractivity contribution >= 4 is 18.0 Å². The van der Waals surface area contributed by atoms with Crippen molar-refractivity contribution in [3.63, 3.8) is 0 Å². The lowest BCUT2D eigenvalue weighted by atomic mass is 9.88. The lowest BCUT2D eigenvalue weighted by Crippen LogP contribution is -2.62. The Morgan fingerprint density at radius 3 is 2.14 bits per heavy atom. The highest BCUT2D eigenvalue weighted by Crippen LogP contribution is 2.38. The van der Waals surface area contributed by atoms with Crippen molar-refractivity contribution in [3.05, 3.63) is 0 Å². The number of fused-ring (bicyclic) bond motifs is 4. The molecule has 0 spiro atoms. The Kier molecular flexibility index (Phi) is 9.06.